The zero-order valence-electron chi connectivity index (χ0n) is 19.9. The normalized spacial score (nSPS) is 17.2. The van der Waals surface area contributed by atoms with Crippen molar-refractivity contribution in [2.45, 2.75) is 38.5 Å². The number of nitrogens with zero attached hydrogens (tertiary/aromatic N) is 4. The van der Waals surface area contributed by atoms with Crippen molar-refractivity contribution in [3.63, 3.8) is 0 Å². The number of fused-ring (bicyclic) bond motifs is 2. The van der Waals surface area contributed by atoms with Crippen LogP contribution in [0.15, 0.2) is 55.0 Å². The Morgan fingerprint density at radius 3 is 2.75 bits per heavy atom. The number of benzene rings is 1. The lowest BCUT2D eigenvalue weighted by atomic mass is 9.99. The number of imidazole rings is 1. The van der Waals surface area contributed by atoms with Crippen molar-refractivity contribution < 1.29 is 14.3 Å². The van der Waals surface area contributed by atoms with Crippen LogP contribution >= 0.6 is 0 Å². The number of carbonyl (C=O) groups excluding carboxylic acids is 1. The van der Waals surface area contributed by atoms with Gasteiger partial charge in [0.1, 0.15) is 17.3 Å². The molecule has 6 rings (SSSR count). The maximum atomic E-state index is 13.6. The summed E-state index contributed by atoms with van der Waals surface area (Å²) in [5, 5.41) is 16.0. The molecule has 0 saturated carbocycles. The molecule has 5 heterocycles. The number of anilines is 2. The Morgan fingerprint density at radius 1 is 1.14 bits per heavy atom. The molecule has 1 amide bonds. The first-order chi connectivity index (χ1) is 17.5. The SMILES string of the molecule is C[C@@H](c1ccc(Nc2ccc(-c3cnc4cc(F)ccn34)c3c2C(=O)NC3)nc1)N1CCC(O)CC1. The van der Waals surface area contributed by atoms with E-state index in [1.54, 1.807) is 12.4 Å². The van der Waals surface area contributed by atoms with Crippen LogP contribution < -0.4 is 10.6 Å². The highest BCUT2D eigenvalue weighted by atomic mass is 19.1. The molecule has 1 saturated heterocycles. The number of nitrogens with one attached hydrogen (secondary N) is 2. The number of aromatic nitrogens is 3. The van der Waals surface area contributed by atoms with Crippen LogP contribution in [0.4, 0.5) is 15.9 Å². The molecule has 2 aliphatic rings. The minimum Gasteiger partial charge on any atom is -0.393 e. The van der Waals surface area contributed by atoms with E-state index >= 15 is 0 Å². The van der Waals surface area contributed by atoms with Gasteiger partial charge < -0.3 is 15.7 Å². The fourth-order valence-electron chi connectivity index (χ4n) is 5.20. The number of hydrogen-bond donors (Lipinski definition) is 3. The quantitative estimate of drug-likeness (QED) is 0.394. The summed E-state index contributed by atoms with van der Waals surface area (Å²) in [5.74, 6) is 0.163. The summed E-state index contributed by atoms with van der Waals surface area (Å²) in [4.78, 5) is 24.1. The number of piperidine rings is 1. The summed E-state index contributed by atoms with van der Waals surface area (Å²) in [5.41, 5.74) is 5.42. The van der Waals surface area contributed by atoms with Crippen molar-refractivity contribution in [1.29, 1.82) is 0 Å². The molecule has 3 aromatic heterocycles. The van der Waals surface area contributed by atoms with Crippen LogP contribution in [0.2, 0.25) is 0 Å². The monoisotopic (exact) mass is 486 g/mol. The smallest absolute Gasteiger partial charge is 0.254 e. The van der Waals surface area contributed by atoms with Crippen molar-refractivity contribution in [3.05, 3.63) is 77.5 Å². The van der Waals surface area contributed by atoms with Gasteiger partial charge in [-0.05, 0) is 49.1 Å². The molecule has 8 nitrogen and oxygen atoms in total. The Hall–Kier alpha value is -3.82. The lowest BCUT2D eigenvalue weighted by molar-refractivity contribution is 0.0644. The number of rotatable bonds is 5. The molecule has 4 aromatic rings. The number of halogens is 1. The molecule has 1 atom stereocenters. The van der Waals surface area contributed by atoms with Gasteiger partial charge in [-0.15, -0.1) is 0 Å². The first-order valence-corrected chi connectivity index (χ1v) is 12.2. The molecular weight excluding hydrogens is 459 g/mol. The minimum atomic E-state index is -0.344. The largest absolute Gasteiger partial charge is 0.393 e. The Balaban J connectivity index is 1.27. The third kappa shape index (κ3) is 4.00. The highest BCUT2D eigenvalue weighted by molar-refractivity contribution is 6.06. The molecule has 2 aliphatic heterocycles. The minimum absolute atomic E-state index is 0.147. The Labute approximate surface area is 207 Å². The Kier molecular flexibility index (Phi) is 5.66. The first-order valence-electron chi connectivity index (χ1n) is 12.2. The maximum absolute atomic E-state index is 13.6. The van der Waals surface area contributed by atoms with E-state index in [-0.39, 0.29) is 23.9 Å². The predicted octanol–water partition coefficient (Wildman–Crippen LogP) is 4.04. The number of carbonyl (C=O) groups is 1. The van der Waals surface area contributed by atoms with Crippen molar-refractivity contribution in [3.8, 4) is 11.3 Å². The zero-order valence-corrected chi connectivity index (χ0v) is 19.9. The van der Waals surface area contributed by atoms with Crippen LogP contribution in [-0.2, 0) is 6.54 Å². The van der Waals surface area contributed by atoms with Crippen molar-refractivity contribution in [2.75, 3.05) is 18.4 Å². The van der Waals surface area contributed by atoms with E-state index in [1.165, 1.54) is 12.1 Å². The van der Waals surface area contributed by atoms with Gasteiger partial charge in [-0.3, -0.25) is 14.1 Å². The number of aliphatic hydroxyl groups excluding tert-OH is 1. The highest BCUT2D eigenvalue weighted by Gasteiger charge is 2.27. The lowest BCUT2D eigenvalue weighted by Crippen LogP contribution is -2.37. The average molecular weight is 487 g/mol. The third-order valence-corrected chi connectivity index (χ3v) is 7.30. The second-order valence-corrected chi connectivity index (χ2v) is 9.46. The number of aliphatic hydroxyl groups is 1. The summed E-state index contributed by atoms with van der Waals surface area (Å²) < 4.78 is 15.4. The van der Waals surface area contributed by atoms with Gasteiger partial charge in [-0.2, -0.15) is 0 Å². The van der Waals surface area contributed by atoms with Gasteiger partial charge in [0.25, 0.3) is 5.91 Å². The van der Waals surface area contributed by atoms with Crippen LogP contribution in [0.5, 0.6) is 0 Å². The van der Waals surface area contributed by atoms with Gasteiger partial charge in [0.2, 0.25) is 0 Å². The van der Waals surface area contributed by atoms with E-state index in [4.69, 9.17) is 0 Å². The summed E-state index contributed by atoms with van der Waals surface area (Å²) in [6.45, 7) is 4.31. The fraction of sp³-hybridized carbons (Fsp3) is 0.296. The lowest BCUT2D eigenvalue weighted by Gasteiger charge is -2.34. The van der Waals surface area contributed by atoms with E-state index in [1.807, 2.05) is 28.8 Å². The molecule has 3 N–H and O–H groups in total. The molecule has 0 bridgehead atoms. The van der Waals surface area contributed by atoms with Gasteiger partial charge >= 0.3 is 0 Å². The fourth-order valence-corrected chi connectivity index (χ4v) is 5.20. The van der Waals surface area contributed by atoms with Gasteiger partial charge in [0.05, 0.1) is 29.2 Å². The van der Waals surface area contributed by atoms with E-state index in [0.717, 1.165) is 48.3 Å². The molecule has 1 aromatic carbocycles. The first kappa shape index (κ1) is 22.6. The third-order valence-electron chi connectivity index (χ3n) is 7.30. The standard InChI is InChI=1S/C27H27FN6O2/c1-16(33-9-7-19(35)8-10-33)17-2-5-24(29-13-17)32-22-4-3-20(21-14-31-27(36)26(21)22)23-15-30-25-12-18(28)6-11-34(23)25/h2-6,11-13,15-16,19,35H,7-10,14H2,1H3,(H,29,32)(H,31,36)/t16-/m0/s1. The summed E-state index contributed by atoms with van der Waals surface area (Å²) in [6.07, 6.45) is 6.61. The van der Waals surface area contributed by atoms with Crippen LogP contribution in [0.1, 0.15) is 47.3 Å². The molecule has 0 radical (unpaired) electrons. The summed E-state index contributed by atoms with van der Waals surface area (Å²) in [6, 6.07) is 10.8. The predicted molar refractivity (Wildman–Crippen MR) is 135 cm³/mol. The maximum Gasteiger partial charge on any atom is 0.254 e. The molecule has 36 heavy (non-hydrogen) atoms. The Morgan fingerprint density at radius 2 is 1.97 bits per heavy atom. The van der Waals surface area contributed by atoms with Crippen molar-refractivity contribution >= 4 is 23.1 Å². The van der Waals surface area contributed by atoms with Crippen molar-refractivity contribution in [2.24, 2.45) is 0 Å². The Bertz CT molecular complexity index is 1440. The van der Waals surface area contributed by atoms with Gasteiger partial charge in [0, 0.05) is 49.7 Å². The summed E-state index contributed by atoms with van der Waals surface area (Å²) >= 11 is 0. The van der Waals surface area contributed by atoms with E-state index in [0.29, 0.717) is 29.3 Å². The van der Waals surface area contributed by atoms with Gasteiger partial charge in [-0.1, -0.05) is 12.1 Å². The van der Waals surface area contributed by atoms with Crippen LogP contribution in [0, 0.1) is 5.82 Å². The van der Waals surface area contributed by atoms with Crippen LogP contribution in [0.25, 0.3) is 16.9 Å². The van der Waals surface area contributed by atoms with Crippen LogP contribution in [-0.4, -0.2) is 49.5 Å². The number of amides is 1. The van der Waals surface area contributed by atoms with Gasteiger partial charge in [0.15, 0.2) is 0 Å². The molecular formula is C27H27FN6O2. The molecule has 0 unspecified atom stereocenters. The number of likely N-dealkylation sites (tertiary alicyclic amines) is 1. The number of pyridine rings is 2. The molecule has 9 heteroatoms. The van der Waals surface area contributed by atoms with E-state index in [9.17, 15) is 14.3 Å². The molecule has 0 spiro atoms. The zero-order chi connectivity index (χ0) is 24.8. The molecule has 1 fully saturated rings. The topological polar surface area (TPSA) is 94.8 Å². The molecule has 0 aliphatic carbocycles. The second-order valence-electron chi connectivity index (χ2n) is 9.46. The second kappa shape index (κ2) is 9.00. The van der Waals surface area contributed by atoms with Crippen LogP contribution in [0.3, 0.4) is 0 Å². The van der Waals surface area contributed by atoms with Crippen molar-refractivity contribution in [1.82, 2.24) is 24.6 Å². The van der Waals surface area contributed by atoms with E-state index in [2.05, 4.69) is 38.5 Å². The van der Waals surface area contributed by atoms with Gasteiger partial charge in [-0.25, -0.2) is 14.4 Å². The highest BCUT2D eigenvalue weighted by Crippen LogP contribution is 2.35. The van der Waals surface area contributed by atoms with E-state index < -0.39 is 0 Å². The molecule has 184 valence electrons. The summed E-state index contributed by atoms with van der Waals surface area (Å²) in [7, 11) is 0. The average Bonchev–Trinajstić information content (AvgIpc) is 3.48. The number of hydrogen-bond acceptors (Lipinski definition) is 6.